The van der Waals surface area contributed by atoms with E-state index in [2.05, 4.69) is 19.2 Å². The number of carbonyl (C=O) groups excluding carboxylic acids is 2. The van der Waals surface area contributed by atoms with Crippen LogP contribution >= 0.6 is 0 Å². The Labute approximate surface area is 221 Å². The monoisotopic (exact) mass is 523 g/mol. The fourth-order valence-electron chi connectivity index (χ4n) is 5.11. The van der Waals surface area contributed by atoms with E-state index in [0.29, 0.717) is 46.2 Å². The van der Waals surface area contributed by atoms with Gasteiger partial charge in [-0.1, -0.05) is 13.8 Å². The number of benzene rings is 2. The Morgan fingerprint density at radius 3 is 2.24 bits per heavy atom. The highest BCUT2D eigenvalue weighted by Crippen LogP contribution is 2.43. The zero-order valence-corrected chi connectivity index (χ0v) is 22.4. The molecule has 1 atom stereocenters. The largest absolute Gasteiger partial charge is 0.493 e. The van der Waals surface area contributed by atoms with Crippen molar-refractivity contribution in [3.8, 4) is 17.2 Å². The number of ether oxygens (including phenoxy) is 3. The second-order valence-corrected chi connectivity index (χ2v) is 9.88. The summed E-state index contributed by atoms with van der Waals surface area (Å²) in [4.78, 5) is 26.2. The summed E-state index contributed by atoms with van der Waals surface area (Å²) in [5.41, 5.74) is 8.23. The molecule has 4 rings (SSSR count). The van der Waals surface area contributed by atoms with Crippen LogP contribution in [-0.4, -0.2) is 43.8 Å². The predicted molar refractivity (Wildman–Crippen MR) is 145 cm³/mol. The van der Waals surface area contributed by atoms with Crippen LogP contribution in [-0.2, 0) is 16.1 Å². The minimum Gasteiger partial charge on any atom is -0.493 e. The first-order chi connectivity index (χ1) is 18.2. The third kappa shape index (κ3) is 5.24. The average Bonchev–Trinajstić information content (AvgIpc) is 3.37. The van der Waals surface area contributed by atoms with Gasteiger partial charge in [0.2, 0.25) is 5.75 Å². The zero-order valence-electron chi connectivity index (χ0n) is 22.4. The van der Waals surface area contributed by atoms with Crippen molar-refractivity contribution in [1.29, 1.82) is 0 Å². The maximum Gasteiger partial charge on any atom is 0.259 e. The van der Waals surface area contributed by atoms with E-state index in [4.69, 9.17) is 19.9 Å². The SMILES string of the molecule is COc1cc(C2=C(c3cn(CCCC(N)CC(C)C)c4ccc(F)cc34)C(=O)NC2=O)cc(OC)c1OC. The van der Waals surface area contributed by atoms with Crippen LogP contribution in [0.15, 0.2) is 36.5 Å². The molecule has 2 heterocycles. The van der Waals surface area contributed by atoms with E-state index in [0.717, 1.165) is 24.8 Å². The first kappa shape index (κ1) is 27.2. The van der Waals surface area contributed by atoms with Crippen LogP contribution < -0.4 is 25.3 Å². The molecule has 2 amide bonds. The van der Waals surface area contributed by atoms with Crippen LogP contribution in [0.1, 0.15) is 44.2 Å². The molecular formula is C29H34FN3O5. The van der Waals surface area contributed by atoms with E-state index in [-0.39, 0.29) is 17.2 Å². The Morgan fingerprint density at radius 1 is 0.974 bits per heavy atom. The van der Waals surface area contributed by atoms with Gasteiger partial charge in [0.15, 0.2) is 11.5 Å². The average molecular weight is 524 g/mol. The van der Waals surface area contributed by atoms with Crippen LogP contribution in [0.3, 0.4) is 0 Å². The lowest BCUT2D eigenvalue weighted by Gasteiger charge is -2.14. The highest BCUT2D eigenvalue weighted by Gasteiger charge is 2.35. The molecule has 3 N–H and O–H groups in total. The van der Waals surface area contributed by atoms with E-state index >= 15 is 0 Å². The van der Waals surface area contributed by atoms with E-state index in [1.54, 1.807) is 18.2 Å². The van der Waals surface area contributed by atoms with Gasteiger partial charge < -0.3 is 24.5 Å². The summed E-state index contributed by atoms with van der Waals surface area (Å²) in [5, 5.41) is 2.94. The van der Waals surface area contributed by atoms with Gasteiger partial charge in [-0.3, -0.25) is 14.9 Å². The Bertz CT molecular complexity index is 1380. The lowest BCUT2D eigenvalue weighted by atomic mass is 9.95. The summed E-state index contributed by atoms with van der Waals surface area (Å²) < 4.78 is 32.7. The summed E-state index contributed by atoms with van der Waals surface area (Å²) in [5.74, 6) is 0.0115. The normalized spacial score (nSPS) is 14.4. The van der Waals surface area contributed by atoms with Crippen LogP contribution in [0.25, 0.3) is 22.0 Å². The van der Waals surface area contributed by atoms with Gasteiger partial charge in [-0.15, -0.1) is 0 Å². The first-order valence-corrected chi connectivity index (χ1v) is 12.6. The summed E-state index contributed by atoms with van der Waals surface area (Å²) >= 11 is 0. The van der Waals surface area contributed by atoms with Crippen molar-refractivity contribution < 1.29 is 28.2 Å². The molecule has 0 aliphatic carbocycles. The molecule has 38 heavy (non-hydrogen) atoms. The number of amides is 2. The Kier molecular flexibility index (Phi) is 8.06. The topological polar surface area (TPSA) is 105 Å². The lowest BCUT2D eigenvalue weighted by molar-refractivity contribution is -0.122. The maximum absolute atomic E-state index is 14.4. The van der Waals surface area contributed by atoms with Gasteiger partial charge in [0.05, 0.1) is 32.5 Å². The summed E-state index contributed by atoms with van der Waals surface area (Å²) in [6, 6.07) is 7.80. The maximum atomic E-state index is 14.4. The fraction of sp³-hybridized carbons (Fsp3) is 0.379. The van der Waals surface area contributed by atoms with Gasteiger partial charge in [0.1, 0.15) is 5.82 Å². The van der Waals surface area contributed by atoms with Crippen LogP contribution in [0.5, 0.6) is 17.2 Å². The molecule has 1 aliphatic rings. The van der Waals surface area contributed by atoms with Gasteiger partial charge in [0.25, 0.3) is 11.8 Å². The minimum absolute atomic E-state index is 0.0984. The van der Waals surface area contributed by atoms with Crippen molar-refractivity contribution in [2.75, 3.05) is 21.3 Å². The molecule has 1 unspecified atom stereocenters. The van der Waals surface area contributed by atoms with Crippen molar-refractivity contribution in [2.45, 2.75) is 45.7 Å². The smallest absolute Gasteiger partial charge is 0.259 e. The number of nitrogens with two attached hydrogens (primary N) is 1. The molecule has 8 nitrogen and oxygen atoms in total. The lowest BCUT2D eigenvalue weighted by Crippen LogP contribution is -2.22. The number of aryl methyl sites for hydroxylation is 1. The van der Waals surface area contributed by atoms with Crippen LogP contribution in [0.2, 0.25) is 0 Å². The van der Waals surface area contributed by atoms with Crippen molar-refractivity contribution in [3.63, 3.8) is 0 Å². The molecule has 2 aromatic carbocycles. The second kappa shape index (κ2) is 11.3. The number of carbonyl (C=O) groups is 2. The number of methoxy groups -OCH3 is 3. The number of nitrogens with one attached hydrogen (secondary N) is 1. The molecule has 202 valence electrons. The molecule has 0 fully saturated rings. The number of imide groups is 1. The number of aromatic nitrogens is 1. The molecule has 3 aromatic rings. The zero-order chi connectivity index (χ0) is 27.6. The Morgan fingerprint density at radius 2 is 1.63 bits per heavy atom. The summed E-state index contributed by atoms with van der Waals surface area (Å²) in [6.45, 7) is 4.93. The second-order valence-electron chi connectivity index (χ2n) is 9.88. The molecule has 9 heteroatoms. The van der Waals surface area contributed by atoms with E-state index in [1.165, 1.54) is 33.5 Å². The number of rotatable bonds is 11. The third-order valence-electron chi connectivity index (χ3n) is 6.75. The minimum atomic E-state index is -0.559. The number of nitrogens with zero attached hydrogens (tertiary/aromatic N) is 1. The molecule has 0 saturated heterocycles. The Balaban J connectivity index is 1.84. The fourth-order valence-corrected chi connectivity index (χ4v) is 5.11. The number of halogens is 1. The highest BCUT2D eigenvalue weighted by molar-refractivity contribution is 6.50. The van der Waals surface area contributed by atoms with E-state index in [9.17, 15) is 14.0 Å². The summed E-state index contributed by atoms with van der Waals surface area (Å²) in [7, 11) is 4.43. The third-order valence-corrected chi connectivity index (χ3v) is 6.75. The van der Waals surface area contributed by atoms with Crippen LogP contribution in [0, 0.1) is 11.7 Å². The van der Waals surface area contributed by atoms with E-state index < -0.39 is 17.6 Å². The van der Waals surface area contributed by atoms with Crippen molar-refractivity contribution in [2.24, 2.45) is 11.7 Å². The van der Waals surface area contributed by atoms with Gasteiger partial charge in [-0.25, -0.2) is 4.39 Å². The van der Waals surface area contributed by atoms with Crippen molar-refractivity contribution in [3.05, 3.63) is 53.5 Å². The number of fused-ring (bicyclic) bond motifs is 1. The Hall–Kier alpha value is -3.85. The van der Waals surface area contributed by atoms with Gasteiger partial charge in [-0.2, -0.15) is 0 Å². The summed E-state index contributed by atoms with van der Waals surface area (Å²) in [6.07, 6.45) is 4.41. The highest BCUT2D eigenvalue weighted by atomic mass is 19.1. The van der Waals surface area contributed by atoms with Gasteiger partial charge >= 0.3 is 0 Å². The van der Waals surface area contributed by atoms with E-state index in [1.807, 2.05) is 10.8 Å². The molecule has 0 spiro atoms. The standard InChI is InChI=1S/C29H34FN3O5/c1-16(2)11-19(31)7-6-10-33-15-21(20-14-18(30)8-9-22(20)33)26-25(28(34)32-29(26)35)17-12-23(36-3)27(38-5)24(13-17)37-4/h8-9,12-16,19H,6-7,10-11,31H2,1-5H3,(H,32,34,35). The quantitative estimate of drug-likeness (QED) is 0.358. The first-order valence-electron chi connectivity index (χ1n) is 12.6. The number of hydrogen-bond acceptors (Lipinski definition) is 6. The van der Waals surface area contributed by atoms with Crippen molar-refractivity contribution in [1.82, 2.24) is 9.88 Å². The number of hydrogen-bond donors (Lipinski definition) is 2. The molecule has 1 aromatic heterocycles. The van der Waals surface area contributed by atoms with Crippen LogP contribution in [0.4, 0.5) is 4.39 Å². The van der Waals surface area contributed by atoms with Gasteiger partial charge in [0, 0.05) is 35.2 Å². The predicted octanol–water partition coefficient (Wildman–Crippen LogP) is 4.53. The van der Waals surface area contributed by atoms with Gasteiger partial charge in [-0.05, 0) is 61.1 Å². The molecule has 1 aliphatic heterocycles. The molecule has 0 saturated carbocycles. The molecular weight excluding hydrogens is 489 g/mol. The van der Waals surface area contributed by atoms with Crippen molar-refractivity contribution >= 4 is 33.9 Å². The molecule has 0 radical (unpaired) electrons. The molecule has 0 bridgehead atoms.